The Morgan fingerprint density at radius 3 is 1.62 bits per heavy atom. The lowest BCUT2D eigenvalue weighted by Gasteiger charge is -2.38. The largest absolute Gasteiger partial charge is 0.480 e. The quantitative estimate of drug-likeness (QED) is 0.162. The molecule has 3 nitrogen and oxygen atoms in total. The Kier molecular flexibility index (Phi) is 8.60. The summed E-state index contributed by atoms with van der Waals surface area (Å²) in [6.45, 7) is -1.73. The van der Waals surface area contributed by atoms with E-state index in [0.29, 0.717) is 11.0 Å². The summed E-state index contributed by atoms with van der Waals surface area (Å²) in [4.78, 5) is 12.9. The summed E-state index contributed by atoms with van der Waals surface area (Å²) in [7, 11) is 0. The first-order valence-electron chi connectivity index (χ1n) is 11.9. The van der Waals surface area contributed by atoms with Crippen LogP contribution in [0.3, 0.4) is 0 Å². The Morgan fingerprint density at radius 1 is 0.769 bits per heavy atom. The van der Waals surface area contributed by atoms with Crippen molar-refractivity contribution >= 4 is 23.4 Å². The van der Waals surface area contributed by atoms with E-state index in [1.165, 1.54) is 0 Å². The van der Waals surface area contributed by atoms with Gasteiger partial charge in [0, 0.05) is 11.8 Å². The van der Waals surface area contributed by atoms with Crippen molar-refractivity contribution in [1.29, 1.82) is 0 Å². The van der Waals surface area contributed by atoms with Gasteiger partial charge < -0.3 is 10.0 Å². The van der Waals surface area contributed by atoms with E-state index >= 15 is 0 Å². The molecule has 0 fully saturated rings. The molecule has 9 heteroatoms. The Balaban J connectivity index is 1.85. The monoisotopic (exact) mass is 557 g/mol. The summed E-state index contributed by atoms with van der Waals surface area (Å²) in [5.41, 5.74) is 1.71. The molecule has 0 heterocycles. The number of thioether (sulfide) groups is 1. The number of alkyl halides is 3. The molecule has 0 bridgehead atoms. The fraction of sp³-hybridized carbons (Fsp3) is 0.167. The van der Waals surface area contributed by atoms with E-state index < -0.39 is 46.8 Å². The van der Waals surface area contributed by atoms with Crippen LogP contribution in [-0.2, 0) is 9.54 Å². The number of halogens is 5. The van der Waals surface area contributed by atoms with Crippen molar-refractivity contribution in [2.75, 3.05) is 17.2 Å². The minimum absolute atomic E-state index is 0.360. The van der Waals surface area contributed by atoms with E-state index in [1.807, 2.05) is 91.0 Å². The average Bonchev–Trinajstić information content (AvgIpc) is 2.91. The summed E-state index contributed by atoms with van der Waals surface area (Å²) in [6.07, 6.45) is -4.85. The van der Waals surface area contributed by atoms with Gasteiger partial charge in [0.05, 0.1) is 10.4 Å². The molecule has 0 amide bonds. The summed E-state index contributed by atoms with van der Waals surface area (Å²) < 4.78 is 68.3. The zero-order chi connectivity index (χ0) is 28.0. The molecule has 0 radical (unpaired) electrons. The second-order valence-electron chi connectivity index (χ2n) is 8.78. The van der Waals surface area contributed by atoms with Gasteiger partial charge in [0.1, 0.15) is 24.2 Å². The maximum atomic E-state index is 14.7. The van der Waals surface area contributed by atoms with E-state index in [9.17, 15) is 31.9 Å². The third kappa shape index (κ3) is 6.42. The molecule has 4 rings (SSSR count). The molecule has 0 aliphatic carbocycles. The molecule has 0 aliphatic heterocycles. The molecule has 202 valence electrons. The van der Waals surface area contributed by atoms with Gasteiger partial charge in [0.25, 0.3) is 0 Å². The van der Waals surface area contributed by atoms with Crippen molar-refractivity contribution in [3.63, 3.8) is 0 Å². The number of hydrogen-bond acceptors (Lipinski definition) is 3. The van der Waals surface area contributed by atoms with Crippen LogP contribution < -0.4 is 4.90 Å². The van der Waals surface area contributed by atoms with Gasteiger partial charge in [-0.1, -0.05) is 91.0 Å². The van der Waals surface area contributed by atoms with Gasteiger partial charge in [-0.2, -0.15) is 13.2 Å². The second kappa shape index (κ2) is 11.9. The second-order valence-corrected chi connectivity index (χ2v) is 10.0. The number of benzene rings is 4. The van der Waals surface area contributed by atoms with Crippen LogP contribution in [0.4, 0.5) is 27.6 Å². The van der Waals surface area contributed by atoms with Gasteiger partial charge in [-0.3, -0.25) is 0 Å². The number of hydrogen-bond donors (Lipinski definition) is 1. The Labute approximate surface area is 226 Å². The van der Waals surface area contributed by atoms with Gasteiger partial charge in [0.15, 0.2) is 0 Å². The maximum Gasteiger partial charge on any atom is 0.405 e. The van der Waals surface area contributed by atoms with Crippen molar-refractivity contribution in [3.8, 4) is 0 Å². The molecule has 4 aromatic carbocycles. The Bertz CT molecular complexity index is 1290. The lowest BCUT2D eigenvalue weighted by molar-refractivity contribution is -0.140. The molecule has 0 unspecified atom stereocenters. The number of nitrogens with zero attached hydrogens (tertiary/aromatic N) is 1. The molecule has 0 aromatic heterocycles. The molecule has 0 spiro atoms. The van der Waals surface area contributed by atoms with Crippen molar-refractivity contribution in [2.45, 2.75) is 17.0 Å². The number of anilines is 1. The SMILES string of the molecule is O=C(O)[C@H](CSC(c1ccccc1)(c1ccccc1)c1ccccc1)N(CC(F)(F)F)c1ccc(F)cc1F. The predicted molar refractivity (Wildman–Crippen MR) is 143 cm³/mol. The highest BCUT2D eigenvalue weighted by Crippen LogP contribution is 2.49. The van der Waals surface area contributed by atoms with Crippen LogP contribution >= 0.6 is 11.8 Å². The smallest absolute Gasteiger partial charge is 0.405 e. The zero-order valence-electron chi connectivity index (χ0n) is 20.5. The van der Waals surface area contributed by atoms with Crippen LogP contribution in [0.5, 0.6) is 0 Å². The molecular weight excluding hydrogens is 533 g/mol. The first-order valence-corrected chi connectivity index (χ1v) is 12.9. The molecule has 4 aromatic rings. The first kappa shape index (κ1) is 28.2. The fourth-order valence-electron chi connectivity index (χ4n) is 4.54. The van der Waals surface area contributed by atoms with E-state index in [4.69, 9.17) is 0 Å². The first-order chi connectivity index (χ1) is 18.6. The van der Waals surface area contributed by atoms with Crippen LogP contribution in [0.25, 0.3) is 0 Å². The summed E-state index contributed by atoms with van der Waals surface area (Å²) in [6, 6.07) is 28.0. The van der Waals surface area contributed by atoms with Crippen LogP contribution in [0.2, 0.25) is 0 Å². The third-order valence-corrected chi connectivity index (χ3v) is 7.85. The van der Waals surface area contributed by atoms with Crippen molar-refractivity contribution in [1.82, 2.24) is 0 Å². The van der Waals surface area contributed by atoms with Crippen LogP contribution in [0.1, 0.15) is 16.7 Å². The number of rotatable bonds is 10. The minimum atomic E-state index is -4.85. The van der Waals surface area contributed by atoms with Crippen molar-refractivity contribution in [2.24, 2.45) is 0 Å². The van der Waals surface area contributed by atoms with Gasteiger partial charge in [0.2, 0.25) is 0 Å². The minimum Gasteiger partial charge on any atom is -0.480 e. The van der Waals surface area contributed by atoms with Crippen LogP contribution in [0, 0.1) is 11.6 Å². The van der Waals surface area contributed by atoms with Crippen LogP contribution in [-0.4, -0.2) is 35.6 Å². The summed E-state index contributed by atoms with van der Waals surface area (Å²) >= 11 is 1.14. The average molecular weight is 558 g/mol. The maximum absolute atomic E-state index is 14.7. The fourth-order valence-corrected chi connectivity index (χ4v) is 6.18. The lowest BCUT2D eigenvalue weighted by Crippen LogP contribution is -2.49. The molecule has 1 N–H and O–H groups in total. The summed E-state index contributed by atoms with van der Waals surface area (Å²) in [5.74, 6) is -4.20. The normalized spacial score (nSPS) is 12.6. The molecular formula is C30H24F5NO2S. The van der Waals surface area contributed by atoms with Gasteiger partial charge in [-0.15, -0.1) is 11.8 Å². The van der Waals surface area contributed by atoms with E-state index in [1.54, 1.807) is 0 Å². The van der Waals surface area contributed by atoms with Crippen molar-refractivity contribution in [3.05, 3.63) is 138 Å². The number of carboxylic acids is 1. The zero-order valence-corrected chi connectivity index (χ0v) is 21.3. The van der Waals surface area contributed by atoms with E-state index in [2.05, 4.69) is 0 Å². The highest BCUT2D eigenvalue weighted by atomic mass is 32.2. The number of aliphatic carboxylic acids is 1. The highest BCUT2D eigenvalue weighted by Gasteiger charge is 2.42. The molecule has 0 saturated heterocycles. The van der Waals surface area contributed by atoms with Crippen molar-refractivity contribution < 1.29 is 31.9 Å². The summed E-state index contributed by atoms with van der Waals surface area (Å²) in [5, 5.41) is 10.1. The molecule has 1 atom stereocenters. The topological polar surface area (TPSA) is 40.5 Å². The predicted octanol–water partition coefficient (Wildman–Crippen LogP) is 7.51. The Hall–Kier alpha value is -3.85. The lowest BCUT2D eigenvalue weighted by atomic mass is 9.84. The standard InChI is InChI=1S/C30H24F5NO2S/c31-24-16-17-26(25(32)18-24)36(20-29(33,34)35)27(28(37)38)19-39-30(21-10-4-1-5-11-21,22-12-6-2-7-13-22)23-14-8-3-9-15-23/h1-18,27H,19-20H2,(H,37,38)/t27-/m0/s1. The molecule has 0 aliphatic rings. The van der Waals surface area contributed by atoms with Gasteiger partial charge in [-0.05, 0) is 28.8 Å². The van der Waals surface area contributed by atoms with Gasteiger partial charge >= 0.3 is 12.1 Å². The molecule has 0 saturated carbocycles. The van der Waals surface area contributed by atoms with E-state index in [0.717, 1.165) is 40.6 Å². The third-order valence-electron chi connectivity index (χ3n) is 6.23. The number of carbonyl (C=O) groups is 1. The Morgan fingerprint density at radius 2 is 1.23 bits per heavy atom. The van der Waals surface area contributed by atoms with Crippen LogP contribution in [0.15, 0.2) is 109 Å². The van der Waals surface area contributed by atoms with E-state index in [-0.39, 0.29) is 5.75 Å². The number of carboxylic acid groups (broad SMARTS) is 1. The molecule has 39 heavy (non-hydrogen) atoms. The van der Waals surface area contributed by atoms with Gasteiger partial charge in [-0.25, -0.2) is 13.6 Å². The highest BCUT2D eigenvalue weighted by molar-refractivity contribution is 8.00.